The molecule has 1 aromatic heterocycles. The Balaban J connectivity index is 2.34. The molecule has 15 heavy (non-hydrogen) atoms. The minimum atomic E-state index is -0.925. The number of benzene rings is 1. The van der Waals surface area contributed by atoms with Gasteiger partial charge in [0, 0.05) is 0 Å². The summed E-state index contributed by atoms with van der Waals surface area (Å²) < 4.78 is 25.6. The molecule has 2 aromatic rings. The van der Waals surface area contributed by atoms with E-state index in [1.165, 1.54) is 12.3 Å². The lowest BCUT2D eigenvalue weighted by Gasteiger charge is -2.08. The molecule has 1 unspecified atom stereocenters. The Labute approximate surface area is 84.1 Å². The van der Waals surface area contributed by atoms with Gasteiger partial charge in [0.2, 0.25) is 0 Å². The van der Waals surface area contributed by atoms with Crippen molar-refractivity contribution in [2.45, 2.75) is 6.04 Å². The second kappa shape index (κ2) is 3.74. The van der Waals surface area contributed by atoms with Crippen LogP contribution in [0.1, 0.15) is 17.3 Å². The van der Waals surface area contributed by atoms with Crippen LogP contribution < -0.4 is 5.73 Å². The molecule has 0 fully saturated rings. The lowest BCUT2D eigenvalue weighted by Crippen LogP contribution is -2.12. The summed E-state index contributed by atoms with van der Waals surface area (Å²) in [6, 6.07) is 2.88. The molecular weight excluding hydrogens is 202 g/mol. The first-order chi connectivity index (χ1) is 7.18. The first kappa shape index (κ1) is 9.72. The van der Waals surface area contributed by atoms with Gasteiger partial charge < -0.3 is 5.73 Å². The molecule has 0 amide bonds. The average molecular weight is 210 g/mol. The first-order valence-electron chi connectivity index (χ1n) is 4.24. The minimum Gasteiger partial charge on any atom is -0.319 e. The van der Waals surface area contributed by atoms with Gasteiger partial charge in [-0.05, 0) is 17.7 Å². The Morgan fingerprint density at radius 1 is 1.27 bits per heavy atom. The average Bonchev–Trinajstić information content (AvgIpc) is 2.74. The SMILES string of the molecule is NC(c1ccc(F)c(F)c1)c1cn[nH]n1. The molecule has 1 aromatic carbocycles. The van der Waals surface area contributed by atoms with Gasteiger partial charge in [0.1, 0.15) is 5.69 Å². The van der Waals surface area contributed by atoms with Crippen molar-refractivity contribution in [3.8, 4) is 0 Å². The van der Waals surface area contributed by atoms with Crippen LogP contribution in [0, 0.1) is 11.6 Å². The van der Waals surface area contributed by atoms with Gasteiger partial charge in [-0.1, -0.05) is 6.07 Å². The van der Waals surface area contributed by atoms with E-state index in [4.69, 9.17) is 5.73 Å². The number of nitrogens with zero attached hydrogens (tertiary/aromatic N) is 2. The van der Waals surface area contributed by atoms with E-state index in [1.54, 1.807) is 0 Å². The summed E-state index contributed by atoms with van der Waals surface area (Å²) >= 11 is 0. The maximum Gasteiger partial charge on any atom is 0.159 e. The smallest absolute Gasteiger partial charge is 0.159 e. The van der Waals surface area contributed by atoms with Crippen LogP contribution in [-0.4, -0.2) is 15.4 Å². The van der Waals surface area contributed by atoms with Crippen LogP contribution >= 0.6 is 0 Å². The summed E-state index contributed by atoms with van der Waals surface area (Å²) in [6.07, 6.45) is 1.44. The third-order valence-electron chi connectivity index (χ3n) is 2.06. The van der Waals surface area contributed by atoms with Gasteiger partial charge in [0.15, 0.2) is 11.6 Å². The molecule has 0 aliphatic rings. The van der Waals surface area contributed by atoms with E-state index in [-0.39, 0.29) is 0 Å². The number of rotatable bonds is 2. The fourth-order valence-corrected chi connectivity index (χ4v) is 1.24. The van der Waals surface area contributed by atoms with Crippen LogP contribution in [0.25, 0.3) is 0 Å². The predicted molar refractivity (Wildman–Crippen MR) is 48.8 cm³/mol. The Hall–Kier alpha value is -1.82. The summed E-state index contributed by atoms with van der Waals surface area (Å²) in [7, 11) is 0. The third-order valence-corrected chi connectivity index (χ3v) is 2.06. The Morgan fingerprint density at radius 2 is 2.07 bits per heavy atom. The van der Waals surface area contributed by atoms with Crippen molar-refractivity contribution < 1.29 is 8.78 Å². The first-order valence-corrected chi connectivity index (χ1v) is 4.24. The van der Waals surface area contributed by atoms with Crippen molar-refractivity contribution in [3.63, 3.8) is 0 Å². The molecule has 0 spiro atoms. The van der Waals surface area contributed by atoms with Gasteiger partial charge in [-0.15, -0.1) is 0 Å². The monoisotopic (exact) mass is 210 g/mol. The summed E-state index contributed by atoms with van der Waals surface area (Å²) in [5.74, 6) is -1.82. The van der Waals surface area contributed by atoms with Gasteiger partial charge in [-0.2, -0.15) is 15.4 Å². The number of halogens is 2. The number of hydrogen-bond donors (Lipinski definition) is 2. The van der Waals surface area contributed by atoms with Crippen LogP contribution in [0.2, 0.25) is 0 Å². The van der Waals surface area contributed by atoms with Crippen molar-refractivity contribution in [1.82, 2.24) is 15.4 Å². The topological polar surface area (TPSA) is 67.6 Å². The normalized spacial score (nSPS) is 12.7. The number of aromatic nitrogens is 3. The van der Waals surface area contributed by atoms with Gasteiger partial charge in [-0.25, -0.2) is 8.78 Å². The number of nitrogens with one attached hydrogen (secondary N) is 1. The number of aromatic amines is 1. The van der Waals surface area contributed by atoms with Crippen molar-refractivity contribution in [2.75, 3.05) is 0 Å². The Morgan fingerprint density at radius 3 is 2.67 bits per heavy atom. The Bertz CT molecular complexity index is 455. The number of H-pyrrole nitrogens is 1. The lowest BCUT2D eigenvalue weighted by molar-refractivity contribution is 0.506. The van der Waals surface area contributed by atoms with Gasteiger partial charge in [0.05, 0.1) is 12.2 Å². The van der Waals surface area contributed by atoms with E-state index in [0.29, 0.717) is 11.3 Å². The van der Waals surface area contributed by atoms with Crippen LogP contribution in [0.15, 0.2) is 24.4 Å². The molecular formula is C9H8F2N4. The largest absolute Gasteiger partial charge is 0.319 e. The highest BCUT2D eigenvalue weighted by Crippen LogP contribution is 2.18. The van der Waals surface area contributed by atoms with Crippen molar-refractivity contribution in [1.29, 1.82) is 0 Å². The third kappa shape index (κ3) is 1.84. The summed E-state index contributed by atoms with van der Waals surface area (Å²) in [6.45, 7) is 0. The molecule has 1 atom stereocenters. The molecule has 0 saturated heterocycles. The summed E-state index contributed by atoms with van der Waals surface area (Å²) in [5.41, 5.74) is 6.69. The molecule has 0 aliphatic carbocycles. The summed E-state index contributed by atoms with van der Waals surface area (Å²) in [4.78, 5) is 0. The molecule has 0 radical (unpaired) electrons. The van der Waals surface area contributed by atoms with E-state index in [1.807, 2.05) is 0 Å². The standard InChI is InChI=1S/C9H8F2N4/c10-6-2-1-5(3-7(6)11)9(12)8-4-13-15-14-8/h1-4,9H,12H2,(H,13,14,15). The molecule has 6 heteroatoms. The van der Waals surface area contributed by atoms with Crippen LogP contribution in [0.4, 0.5) is 8.78 Å². The van der Waals surface area contributed by atoms with Gasteiger partial charge in [0.25, 0.3) is 0 Å². The molecule has 1 heterocycles. The zero-order valence-corrected chi connectivity index (χ0v) is 7.61. The van der Waals surface area contributed by atoms with Crippen molar-refractivity contribution >= 4 is 0 Å². The zero-order valence-electron chi connectivity index (χ0n) is 7.61. The maximum atomic E-state index is 12.9. The van der Waals surface area contributed by atoms with Crippen LogP contribution in [0.3, 0.4) is 0 Å². The Kier molecular flexibility index (Phi) is 2.42. The highest BCUT2D eigenvalue weighted by molar-refractivity contribution is 5.26. The molecule has 2 rings (SSSR count). The molecule has 78 valence electrons. The lowest BCUT2D eigenvalue weighted by atomic mass is 10.1. The molecule has 0 saturated carbocycles. The van der Waals surface area contributed by atoms with Crippen LogP contribution in [-0.2, 0) is 0 Å². The quantitative estimate of drug-likeness (QED) is 0.780. The molecule has 0 bridgehead atoms. The molecule has 0 aliphatic heterocycles. The fourth-order valence-electron chi connectivity index (χ4n) is 1.24. The fraction of sp³-hybridized carbons (Fsp3) is 0.111. The second-order valence-electron chi connectivity index (χ2n) is 3.05. The van der Waals surface area contributed by atoms with E-state index in [2.05, 4.69) is 15.4 Å². The van der Waals surface area contributed by atoms with E-state index in [9.17, 15) is 8.78 Å². The summed E-state index contributed by atoms with van der Waals surface area (Å²) in [5, 5.41) is 9.75. The van der Waals surface area contributed by atoms with Crippen molar-refractivity contribution in [3.05, 3.63) is 47.3 Å². The van der Waals surface area contributed by atoms with E-state index in [0.717, 1.165) is 12.1 Å². The highest BCUT2D eigenvalue weighted by Gasteiger charge is 2.13. The predicted octanol–water partition coefficient (Wildman–Crippen LogP) is 1.13. The van der Waals surface area contributed by atoms with Gasteiger partial charge >= 0.3 is 0 Å². The van der Waals surface area contributed by atoms with E-state index < -0.39 is 17.7 Å². The number of hydrogen-bond acceptors (Lipinski definition) is 3. The highest BCUT2D eigenvalue weighted by atomic mass is 19.2. The van der Waals surface area contributed by atoms with Crippen molar-refractivity contribution in [2.24, 2.45) is 5.73 Å². The second-order valence-corrected chi connectivity index (χ2v) is 3.05. The minimum absolute atomic E-state index is 0.447. The number of nitrogens with two attached hydrogens (primary N) is 1. The van der Waals surface area contributed by atoms with Crippen LogP contribution in [0.5, 0.6) is 0 Å². The molecule has 4 nitrogen and oxygen atoms in total. The van der Waals surface area contributed by atoms with Gasteiger partial charge in [-0.3, -0.25) is 0 Å². The maximum absolute atomic E-state index is 12.9. The molecule has 3 N–H and O–H groups in total. The zero-order chi connectivity index (χ0) is 10.8. The van der Waals surface area contributed by atoms with E-state index >= 15 is 0 Å².